The summed E-state index contributed by atoms with van der Waals surface area (Å²) in [6.45, 7) is 0. The van der Waals surface area contributed by atoms with Crippen molar-refractivity contribution in [2.75, 3.05) is 11.1 Å². The van der Waals surface area contributed by atoms with Gasteiger partial charge in [0.1, 0.15) is 5.69 Å². The van der Waals surface area contributed by atoms with Crippen LogP contribution in [0.3, 0.4) is 0 Å². The van der Waals surface area contributed by atoms with Gasteiger partial charge in [-0.3, -0.25) is 20.0 Å². The van der Waals surface area contributed by atoms with Crippen molar-refractivity contribution in [3.05, 3.63) is 63.7 Å². The fourth-order valence-corrected chi connectivity index (χ4v) is 2.89. The summed E-state index contributed by atoms with van der Waals surface area (Å²) < 4.78 is 0. The van der Waals surface area contributed by atoms with Crippen LogP contribution in [0.25, 0.3) is 11.4 Å². The summed E-state index contributed by atoms with van der Waals surface area (Å²) in [4.78, 5) is 26.8. The molecule has 3 rings (SSSR count). The van der Waals surface area contributed by atoms with Crippen molar-refractivity contribution in [2.24, 2.45) is 0 Å². The van der Waals surface area contributed by atoms with E-state index < -0.39 is 10.8 Å². The average Bonchev–Trinajstić information content (AvgIpc) is 3.09. The molecule has 0 aliphatic carbocycles. The summed E-state index contributed by atoms with van der Waals surface area (Å²) in [6.07, 6.45) is 0. The zero-order chi connectivity index (χ0) is 18.5. The highest BCUT2D eigenvalue weighted by Crippen LogP contribution is 2.28. The minimum atomic E-state index is -0.583. The minimum Gasteiger partial charge on any atom is -0.320 e. The summed E-state index contributed by atoms with van der Waals surface area (Å²) in [7, 11) is 0. The Hall–Kier alpha value is -2.91. The third-order valence-electron chi connectivity index (χ3n) is 3.27. The standard InChI is InChI=1S/C16H12ClN5O3S/c17-11-6-7-13(22(24)25)12(8-11)18-14(23)9-26-16-19-15(20-21-16)10-4-2-1-3-5-10/h1-8H,9H2,(H,18,23)(H,19,20,21). The van der Waals surface area contributed by atoms with Crippen molar-refractivity contribution in [3.8, 4) is 11.4 Å². The van der Waals surface area contributed by atoms with E-state index in [0.717, 1.165) is 17.3 Å². The first-order chi connectivity index (χ1) is 12.5. The molecule has 1 heterocycles. The molecule has 0 fully saturated rings. The van der Waals surface area contributed by atoms with Crippen molar-refractivity contribution >= 4 is 40.6 Å². The van der Waals surface area contributed by atoms with E-state index in [0.29, 0.717) is 16.0 Å². The maximum Gasteiger partial charge on any atom is 0.292 e. The molecule has 0 saturated carbocycles. The zero-order valence-corrected chi connectivity index (χ0v) is 14.8. The van der Waals surface area contributed by atoms with Gasteiger partial charge < -0.3 is 5.32 Å². The van der Waals surface area contributed by atoms with E-state index in [1.165, 1.54) is 18.2 Å². The van der Waals surface area contributed by atoms with Crippen LogP contribution in [0.2, 0.25) is 5.02 Å². The van der Waals surface area contributed by atoms with Crippen LogP contribution in [-0.4, -0.2) is 31.8 Å². The molecular formula is C16H12ClN5O3S. The number of aromatic nitrogens is 3. The Morgan fingerprint density at radius 2 is 2.04 bits per heavy atom. The van der Waals surface area contributed by atoms with Crippen molar-refractivity contribution < 1.29 is 9.72 Å². The molecule has 0 unspecified atom stereocenters. The molecule has 0 atom stereocenters. The van der Waals surface area contributed by atoms with Crippen LogP contribution in [0.15, 0.2) is 53.7 Å². The molecule has 132 valence electrons. The molecule has 0 aliphatic rings. The number of rotatable bonds is 6. The summed E-state index contributed by atoms with van der Waals surface area (Å²) >= 11 is 6.95. The highest BCUT2D eigenvalue weighted by atomic mass is 35.5. The lowest BCUT2D eigenvalue weighted by Gasteiger charge is -2.05. The fraction of sp³-hybridized carbons (Fsp3) is 0.0625. The number of nitro groups is 1. The van der Waals surface area contributed by atoms with Gasteiger partial charge in [0.15, 0.2) is 5.82 Å². The number of nitrogens with zero attached hydrogens (tertiary/aromatic N) is 3. The summed E-state index contributed by atoms with van der Waals surface area (Å²) in [5.74, 6) is 0.167. The maximum atomic E-state index is 12.1. The van der Waals surface area contributed by atoms with Gasteiger partial charge in [0, 0.05) is 16.7 Å². The number of anilines is 1. The minimum absolute atomic E-state index is 0.00422. The van der Waals surface area contributed by atoms with Gasteiger partial charge in [-0.1, -0.05) is 53.7 Å². The van der Waals surface area contributed by atoms with Gasteiger partial charge in [-0.15, -0.1) is 5.10 Å². The van der Waals surface area contributed by atoms with E-state index in [1.807, 2.05) is 30.3 Å². The van der Waals surface area contributed by atoms with E-state index in [2.05, 4.69) is 20.5 Å². The Bertz CT molecular complexity index is 948. The number of amides is 1. The molecule has 10 heteroatoms. The molecule has 26 heavy (non-hydrogen) atoms. The predicted molar refractivity (Wildman–Crippen MR) is 99.3 cm³/mol. The van der Waals surface area contributed by atoms with Crippen LogP contribution in [-0.2, 0) is 4.79 Å². The maximum absolute atomic E-state index is 12.1. The molecule has 0 aliphatic heterocycles. The predicted octanol–water partition coefficient (Wildman–Crippen LogP) is 3.76. The molecule has 1 amide bonds. The topological polar surface area (TPSA) is 114 Å². The summed E-state index contributed by atoms with van der Waals surface area (Å²) in [5.41, 5.74) is 0.705. The summed E-state index contributed by atoms with van der Waals surface area (Å²) in [6, 6.07) is 13.4. The number of carbonyl (C=O) groups is 1. The molecule has 8 nitrogen and oxygen atoms in total. The average molecular weight is 390 g/mol. The van der Waals surface area contributed by atoms with Gasteiger partial charge in [-0.25, -0.2) is 4.98 Å². The molecule has 2 aromatic carbocycles. The van der Waals surface area contributed by atoms with Crippen molar-refractivity contribution in [3.63, 3.8) is 0 Å². The van der Waals surface area contributed by atoms with E-state index in [4.69, 9.17) is 11.6 Å². The van der Waals surface area contributed by atoms with Gasteiger partial charge in [0.25, 0.3) is 5.69 Å². The molecule has 0 spiro atoms. The lowest BCUT2D eigenvalue weighted by atomic mass is 10.2. The highest BCUT2D eigenvalue weighted by Gasteiger charge is 2.17. The van der Waals surface area contributed by atoms with Crippen LogP contribution in [0.5, 0.6) is 0 Å². The van der Waals surface area contributed by atoms with Crippen LogP contribution < -0.4 is 5.32 Å². The van der Waals surface area contributed by atoms with Crippen molar-refractivity contribution in [1.82, 2.24) is 15.2 Å². The molecule has 2 N–H and O–H groups in total. The van der Waals surface area contributed by atoms with Crippen LogP contribution >= 0.6 is 23.4 Å². The summed E-state index contributed by atoms with van der Waals surface area (Å²) in [5, 5.41) is 21.1. The Morgan fingerprint density at radius 3 is 2.77 bits per heavy atom. The van der Waals surface area contributed by atoms with E-state index in [1.54, 1.807) is 0 Å². The molecule has 1 aromatic heterocycles. The number of thioether (sulfide) groups is 1. The quantitative estimate of drug-likeness (QED) is 0.377. The van der Waals surface area contributed by atoms with E-state index in [9.17, 15) is 14.9 Å². The van der Waals surface area contributed by atoms with Crippen LogP contribution in [0.1, 0.15) is 0 Å². The van der Waals surface area contributed by atoms with E-state index >= 15 is 0 Å². The number of nitrogens with one attached hydrogen (secondary N) is 2. The van der Waals surface area contributed by atoms with Crippen LogP contribution in [0, 0.1) is 10.1 Å². The third-order valence-corrected chi connectivity index (χ3v) is 4.36. The molecule has 3 aromatic rings. The van der Waals surface area contributed by atoms with Crippen LogP contribution in [0.4, 0.5) is 11.4 Å². The monoisotopic (exact) mass is 389 g/mol. The van der Waals surface area contributed by atoms with Crippen molar-refractivity contribution in [2.45, 2.75) is 5.16 Å². The number of halogens is 1. The second-order valence-electron chi connectivity index (χ2n) is 5.09. The lowest BCUT2D eigenvalue weighted by molar-refractivity contribution is -0.383. The number of aromatic amines is 1. The third kappa shape index (κ3) is 4.38. The number of nitro benzene ring substituents is 1. The number of hydrogen-bond acceptors (Lipinski definition) is 6. The first kappa shape index (κ1) is 17.9. The second kappa shape index (κ2) is 7.98. The highest BCUT2D eigenvalue weighted by molar-refractivity contribution is 7.99. The van der Waals surface area contributed by atoms with Gasteiger partial charge >= 0.3 is 0 Å². The number of hydrogen-bond donors (Lipinski definition) is 2. The second-order valence-corrected chi connectivity index (χ2v) is 6.47. The fourth-order valence-electron chi connectivity index (χ4n) is 2.12. The first-order valence-corrected chi connectivity index (χ1v) is 8.73. The number of H-pyrrole nitrogens is 1. The number of benzene rings is 2. The lowest BCUT2D eigenvalue weighted by Crippen LogP contribution is -2.15. The number of carbonyl (C=O) groups excluding carboxylic acids is 1. The Labute approximate surface area is 157 Å². The first-order valence-electron chi connectivity index (χ1n) is 7.37. The molecule has 0 bridgehead atoms. The Balaban J connectivity index is 1.63. The van der Waals surface area contributed by atoms with Gasteiger partial charge in [-0.2, -0.15) is 0 Å². The Kier molecular flexibility index (Phi) is 5.49. The Morgan fingerprint density at radius 1 is 1.27 bits per heavy atom. The van der Waals surface area contributed by atoms with E-state index in [-0.39, 0.29) is 17.1 Å². The largest absolute Gasteiger partial charge is 0.320 e. The van der Waals surface area contributed by atoms with Crippen molar-refractivity contribution in [1.29, 1.82) is 0 Å². The SMILES string of the molecule is O=C(CSc1n[nH]c(-c2ccccc2)n1)Nc1cc(Cl)ccc1[N+](=O)[O-]. The zero-order valence-electron chi connectivity index (χ0n) is 13.2. The van der Waals surface area contributed by atoms with Gasteiger partial charge in [-0.05, 0) is 12.1 Å². The van der Waals surface area contributed by atoms with Gasteiger partial charge in [0.2, 0.25) is 11.1 Å². The smallest absolute Gasteiger partial charge is 0.292 e. The normalized spacial score (nSPS) is 10.5. The molecule has 0 saturated heterocycles. The molecular weight excluding hydrogens is 378 g/mol. The van der Waals surface area contributed by atoms with Gasteiger partial charge in [0.05, 0.1) is 10.7 Å². The molecule has 0 radical (unpaired) electrons.